The van der Waals surface area contributed by atoms with Gasteiger partial charge in [-0.05, 0) is 22.4 Å². The third kappa shape index (κ3) is 2.17. The molecule has 1 aliphatic rings. The number of hydrogen-bond donors (Lipinski definition) is 1. The molecule has 0 atom stereocenters. The van der Waals surface area contributed by atoms with Gasteiger partial charge in [0.25, 0.3) is 0 Å². The molecule has 1 N–H and O–H groups in total. The fraction of sp³-hybridized carbons (Fsp3) is 0.727. The number of aryl methyl sites for hydroxylation is 1. The summed E-state index contributed by atoms with van der Waals surface area (Å²) in [6.45, 7) is 4.16. The van der Waals surface area contributed by atoms with E-state index in [-0.39, 0.29) is 0 Å². The lowest BCUT2D eigenvalue weighted by molar-refractivity contribution is -0.0735. The first-order valence-corrected chi connectivity index (χ1v) is 6.48. The normalized spacial score (nSPS) is 19.9. The maximum atomic E-state index is 10.6. The highest BCUT2D eigenvalue weighted by Gasteiger charge is 2.36. The number of hydrogen-bond acceptors (Lipinski definition) is 3. The lowest BCUT2D eigenvalue weighted by atomic mass is 9.90. The van der Waals surface area contributed by atoms with E-state index >= 15 is 0 Å². The van der Waals surface area contributed by atoms with E-state index in [0.29, 0.717) is 26.1 Å². The number of aliphatic hydroxyl groups is 1. The van der Waals surface area contributed by atoms with E-state index in [1.54, 1.807) is 6.20 Å². The molecule has 0 radical (unpaired) electrons. The minimum atomic E-state index is -0.789. The second-order valence-corrected chi connectivity index (χ2v) is 5.06. The number of aromatic nitrogens is 2. The SMILES string of the molecule is CCCn1ncc(Br)c1C1(O)CCOCC1. The molecular formula is C11H17BrN2O2. The van der Waals surface area contributed by atoms with E-state index < -0.39 is 5.60 Å². The van der Waals surface area contributed by atoms with E-state index in [0.717, 1.165) is 23.1 Å². The van der Waals surface area contributed by atoms with E-state index in [2.05, 4.69) is 28.0 Å². The van der Waals surface area contributed by atoms with Crippen molar-refractivity contribution >= 4 is 15.9 Å². The zero-order chi connectivity index (χ0) is 11.6. The molecule has 1 aliphatic heterocycles. The maximum Gasteiger partial charge on any atom is 0.112 e. The first-order chi connectivity index (χ1) is 7.67. The van der Waals surface area contributed by atoms with Crippen LogP contribution >= 0.6 is 15.9 Å². The maximum absolute atomic E-state index is 10.6. The molecule has 2 heterocycles. The predicted octanol–water partition coefficient (Wildman–Crippen LogP) is 2.05. The van der Waals surface area contributed by atoms with Gasteiger partial charge in [-0.2, -0.15) is 5.10 Å². The highest BCUT2D eigenvalue weighted by molar-refractivity contribution is 9.10. The summed E-state index contributed by atoms with van der Waals surface area (Å²) in [5.74, 6) is 0. The van der Waals surface area contributed by atoms with Crippen LogP contribution in [0.3, 0.4) is 0 Å². The van der Waals surface area contributed by atoms with Crippen LogP contribution in [0.4, 0.5) is 0 Å². The Labute approximate surface area is 104 Å². The molecule has 0 unspecified atom stereocenters. The lowest BCUT2D eigenvalue weighted by Gasteiger charge is -2.32. The first kappa shape index (κ1) is 12.1. The number of ether oxygens (including phenoxy) is 1. The minimum Gasteiger partial charge on any atom is -0.383 e. The van der Waals surface area contributed by atoms with Crippen LogP contribution in [0.1, 0.15) is 31.9 Å². The Morgan fingerprint density at radius 3 is 2.88 bits per heavy atom. The van der Waals surface area contributed by atoms with Crippen LogP contribution in [0.5, 0.6) is 0 Å². The van der Waals surface area contributed by atoms with E-state index in [1.165, 1.54) is 0 Å². The monoisotopic (exact) mass is 288 g/mol. The molecule has 90 valence electrons. The summed E-state index contributed by atoms with van der Waals surface area (Å²) in [4.78, 5) is 0. The van der Waals surface area contributed by atoms with Gasteiger partial charge in [0.1, 0.15) is 5.60 Å². The Balaban J connectivity index is 2.33. The minimum absolute atomic E-state index is 0.611. The highest BCUT2D eigenvalue weighted by atomic mass is 79.9. The summed E-state index contributed by atoms with van der Waals surface area (Å²) in [6, 6.07) is 0. The van der Waals surface area contributed by atoms with Crippen LogP contribution in [0, 0.1) is 0 Å². The van der Waals surface area contributed by atoms with Crippen molar-refractivity contribution in [2.45, 2.75) is 38.3 Å². The number of halogens is 1. The number of rotatable bonds is 3. The molecule has 1 saturated heterocycles. The third-order valence-electron chi connectivity index (χ3n) is 2.99. The summed E-state index contributed by atoms with van der Waals surface area (Å²) in [5, 5.41) is 14.9. The summed E-state index contributed by atoms with van der Waals surface area (Å²) < 4.78 is 8.09. The van der Waals surface area contributed by atoms with Gasteiger partial charge in [-0.1, -0.05) is 6.92 Å². The molecule has 1 aromatic heterocycles. The number of nitrogens with zero attached hydrogens (tertiary/aromatic N) is 2. The van der Waals surface area contributed by atoms with Crippen molar-refractivity contribution in [3.8, 4) is 0 Å². The van der Waals surface area contributed by atoms with Crippen molar-refractivity contribution in [1.29, 1.82) is 0 Å². The van der Waals surface area contributed by atoms with Gasteiger partial charge in [0.15, 0.2) is 0 Å². The van der Waals surface area contributed by atoms with E-state index in [1.807, 2.05) is 4.68 Å². The van der Waals surface area contributed by atoms with Crippen molar-refractivity contribution in [3.05, 3.63) is 16.4 Å². The molecular weight excluding hydrogens is 272 g/mol. The summed E-state index contributed by atoms with van der Waals surface area (Å²) in [7, 11) is 0. The fourth-order valence-corrected chi connectivity index (χ4v) is 2.82. The second-order valence-electron chi connectivity index (χ2n) is 4.21. The summed E-state index contributed by atoms with van der Waals surface area (Å²) in [6.07, 6.45) is 4.05. The lowest BCUT2D eigenvalue weighted by Crippen LogP contribution is -2.36. The standard InChI is InChI=1S/C11H17BrN2O2/c1-2-5-14-10(9(12)8-13-14)11(15)3-6-16-7-4-11/h8,15H,2-7H2,1H3. The van der Waals surface area contributed by atoms with Crippen LogP contribution in [-0.2, 0) is 16.9 Å². The zero-order valence-electron chi connectivity index (χ0n) is 9.45. The van der Waals surface area contributed by atoms with Crippen molar-refractivity contribution in [2.75, 3.05) is 13.2 Å². The predicted molar refractivity (Wildman–Crippen MR) is 64.2 cm³/mol. The Morgan fingerprint density at radius 1 is 1.56 bits per heavy atom. The highest BCUT2D eigenvalue weighted by Crippen LogP contribution is 2.36. The van der Waals surface area contributed by atoms with Crippen molar-refractivity contribution in [1.82, 2.24) is 9.78 Å². The summed E-state index contributed by atoms with van der Waals surface area (Å²) in [5.41, 5.74) is 0.112. The molecule has 0 bridgehead atoms. The van der Waals surface area contributed by atoms with E-state index in [9.17, 15) is 5.11 Å². The van der Waals surface area contributed by atoms with Gasteiger partial charge >= 0.3 is 0 Å². The van der Waals surface area contributed by atoms with Crippen LogP contribution < -0.4 is 0 Å². The molecule has 1 fully saturated rings. The largest absolute Gasteiger partial charge is 0.383 e. The van der Waals surface area contributed by atoms with Gasteiger partial charge in [0.2, 0.25) is 0 Å². The topological polar surface area (TPSA) is 47.3 Å². The molecule has 0 amide bonds. The van der Waals surface area contributed by atoms with Gasteiger partial charge < -0.3 is 9.84 Å². The third-order valence-corrected chi connectivity index (χ3v) is 3.57. The molecule has 0 aromatic carbocycles. The van der Waals surface area contributed by atoms with Gasteiger partial charge in [-0.3, -0.25) is 4.68 Å². The molecule has 1 aromatic rings. The van der Waals surface area contributed by atoms with Crippen LogP contribution in [0.25, 0.3) is 0 Å². The first-order valence-electron chi connectivity index (χ1n) is 5.69. The van der Waals surface area contributed by atoms with Crippen molar-refractivity contribution < 1.29 is 9.84 Å². The Hall–Kier alpha value is -0.390. The fourth-order valence-electron chi connectivity index (χ4n) is 2.15. The van der Waals surface area contributed by atoms with Crippen molar-refractivity contribution in [3.63, 3.8) is 0 Å². The van der Waals surface area contributed by atoms with Gasteiger partial charge in [0.05, 0.1) is 16.4 Å². The zero-order valence-corrected chi connectivity index (χ0v) is 11.0. The van der Waals surface area contributed by atoms with Crippen LogP contribution in [0.2, 0.25) is 0 Å². The molecule has 0 saturated carbocycles. The Bertz CT molecular complexity index is 359. The summed E-state index contributed by atoms with van der Waals surface area (Å²) >= 11 is 3.47. The van der Waals surface area contributed by atoms with Gasteiger partial charge in [0, 0.05) is 32.6 Å². The second kappa shape index (κ2) is 4.85. The average Bonchev–Trinajstić information content (AvgIpc) is 2.62. The van der Waals surface area contributed by atoms with Crippen molar-refractivity contribution in [2.24, 2.45) is 0 Å². The van der Waals surface area contributed by atoms with Crippen LogP contribution in [0.15, 0.2) is 10.7 Å². The van der Waals surface area contributed by atoms with Crippen LogP contribution in [-0.4, -0.2) is 28.1 Å². The quantitative estimate of drug-likeness (QED) is 0.926. The Morgan fingerprint density at radius 2 is 2.25 bits per heavy atom. The Kier molecular flexibility index (Phi) is 3.66. The van der Waals surface area contributed by atoms with Gasteiger partial charge in [-0.15, -0.1) is 0 Å². The average molecular weight is 289 g/mol. The van der Waals surface area contributed by atoms with E-state index in [4.69, 9.17) is 4.74 Å². The molecule has 0 aliphatic carbocycles. The molecule has 5 heteroatoms. The molecule has 4 nitrogen and oxygen atoms in total. The molecule has 0 spiro atoms. The smallest absolute Gasteiger partial charge is 0.112 e. The molecule has 2 rings (SSSR count). The molecule has 16 heavy (non-hydrogen) atoms. The van der Waals surface area contributed by atoms with Gasteiger partial charge in [-0.25, -0.2) is 0 Å².